The van der Waals surface area contributed by atoms with Crippen LogP contribution in [0.25, 0.3) is 11.0 Å². The molecule has 6 heteroatoms. The predicted octanol–water partition coefficient (Wildman–Crippen LogP) is 4.44. The van der Waals surface area contributed by atoms with E-state index in [-0.39, 0.29) is 11.9 Å². The van der Waals surface area contributed by atoms with Crippen molar-refractivity contribution in [1.29, 1.82) is 0 Å². The number of aromatic nitrogens is 3. The summed E-state index contributed by atoms with van der Waals surface area (Å²) in [6.07, 6.45) is 10.1. The van der Waals surface area contributed by atoms with E-state index in [1.165, 1.54) is 12.0 Å². The Morgan fingerprint density at radius 1 is 1.14 bits per heavy atom. The molecule has 0 radical (unpaired) electrons. The highest BCUT2D eigenvalue weighted by Gasteiger charge is 2.27. The molecule has 28 heavy (non-hydrogen) atoms. The van der Waals surface area contributed by atoms with Gasteiger partial charge in [-0.1, -0.05) is 25.0 Å². The van der Waals surface area contributed by atoms with Crippen molar-refractivity contribution in [2.24, 2.45) is 0 Å². The number of hydrogen-bond donors (Lipinski definition) is 0. The van der Waals surface area contributed by atoms with E-state index in [1.807, 2.05) is 42.7 Å². The summed E-state index contributed by atoms with van der Waals surface area (Å²) in [6, 6.07) is 12.3. The molecule has 0 aliphatic carbocycles. The molecular weight excluding hydrogens is 368 g/mol. The Kier molecular flexibility index (Phi) is 5.95. The van der Waals surface area contributed by atoms with Crippen molar-refractivity contribution in [2.45, 2.75) is 44.0 Å². The first kappa shape index (κ1) is 19.0. The summed E-state index contributed by atoms with van der Waals surface area (Å²) in [5.41, 5.74) is 3.18. The summed E-state index contributed by atoms with van der Waals surface area (Å²) in [4.78, 5) is 24.4. The third kappa shape index (κ3) is 3.92. The third-order valence-electron chi connectivity index (χ3n) is 5.46. The van der Waals surface area contributed by atoms with E-state index in [9.17, 15) is 4.79 Å². The fourth-order valence-corrected chi connectivity index (χ4v) is 4.58. The number of imidazole rings is 1. The number of nitrogens with zero attached hydrogens (tertiary/aromatic N) is 4. The number of pyridine rings is 1. The minimum absolute atomic E-state index is 0.136. The quantitative estimate of drug-likeness (QED) is 0.642. The number of likely N-dealkylation sites (tertiary alicyclic amines) is 1. The highest BCUT2D eigenvalue weighted by molar-refractivity contribution is 7.97. The van der Waals surface area contributed by atoms with Crippen molar-refractivity contribution >= 4 is 28.7 Å². The van der Waals surface area contributed by atoms with Gasteiger partial charge in [0.25, 0.3) is 0 Å². The average molecular weight is 395 g/mol. The van der Waals surface area contributed by atoms with E-state index < -0.39 is 0 Å². The van der Waals surface area contributed by atoms with Crippen LogP contribution in [0.2, 0.25) is 0 Å². The lowest BCUT2D eigenvalue weighted by atomic mass is 10.0. The molecule has 0 spiro atoms. The van der Waals surface area contributed by atoms with E-state index in [0.717, 1.165) is 48.4 Å². The number of fused-ring (bicyclic) bond motifs is 1. The summed E-state index contributed by atoms with van der Waals surface area (Å²) in [5, 5.41) is 0. The molecule has 5 nitrogen and oxygen atoms in total. The number of carbonyl (C=O) groups excluding carboxylic acids is 1. The second-order valence-corrected chi connectivity index (χ2v) is 8.13. The molecule has 1 aliphatic heterocycles. The van der Waals surface area contributed by atoms with Crippen LogP contribution in [-0.4, -0.2) is 38.1 Å². The standard InChI is InChI=1S/C22H26N4OS/c1-28-16-21-24-18-7-4-5-9-20(18)26(21)15-22(27)25-14-6-2-3-8-19(25)17-10-12-23-13-11-17/h4-5,7,9-13,19H,2-3,6,8,14-16H2,1H3. The molecule has 0 N–H and O–H groups in total. The number of benzene rings is 1. The van der Waals surface area contributed by atoms with Crippen LogP contribution in [0.15, 0.2) is 48.8 Å². The second kappa shape index (κ2) is 8.78. The summed E-state index contributed by atoms with van der Waals surface area (Å²) >= 11 is 1.73. The van der Waals surface area contributed by atoms with Crippen LogP contribution >= 0.6 is 11.8 Å². The maximum absolute atomic E-state index is 13.5. The number of carbonyl (C=O) groups is 1. The van der Waals surface area contributed by atoms with Gasteiger partial charge in [0, 0.05) is 18.9 Å². The van der Waals surface area contributed by atoms with Crippen molar-refractivity contribution in [2.75, 3.05) is 12.8 Å². The van der Waals surface area contributed by atoms with Crippen LogP contribution in [0.4, 0.5) is 0 Å². The van der Waals surface area contributed by atoms with Gasteiger partial charge < -0.3 is 9.47 Å². The lowest BCUT2D eigenvalue weighted by Gasteiger charge is -2.31. The van der Waals surface area contributed by atoms with Gasteiger partial charge in [-0.15, -0.1) is 0 Å². The third-order valence-corrected chi connectivity index (χ3v) is 6.01. The molecule has 1 fully saturated rings. The van der Waals surface area contributed by atoms with Crippen molar-refractivity contribution in [3.63, 3.8) is 0 Å². The number of hydrogen-bond acceptors (Lipinski definition) is 4. The van der Waals surface area contributed by atoms with E-state index >= 15 is 0 Å². The molecule has 1 unspecified atom stereocenters. The first-order valence-corrected chi connectivity index (χ1v) is 11.3. The van der Waals surface area contributed by atoms with Crippen LogP contribution in [0.5, 0.6) is 0 Å². The maximum atomic E-state index is 13.5. The van der Waals surface area contributed by atoms with Crippen molar-refractivity contribution in [3.05, 3.63) is 60.2 Å². The molecule has 2 aromatic heterocycles. The van der Waals surface area contributed by atoms with Crippen LogP contribution in [0.3, 0.4) is 0 Å². The van der Waals surface area contributed by atoms with Gasteiger partial charge in [-0.05, 0) is 48.9 Å². The molecule has 3 aromatic rings. The van der Waals surface area contributed by atoms with Crippen LogP contribution < -0.4 is 0 Å². The molecule has 146 valence electrons. The highest BCUT2D eigenvalue weighted by Crippen LogP contribution is 2.30. The number of para-hydroxylation sites is 2. The number of thioether (sulfide) groups is 1. The lowest BCUT2D eigenvalue weighted by molar-refractivity contribution is -0.134. The minimum atomic E-state index is 0.136. The summed E-state index contributed by atoms with van der Waals surface area (Å²) in [7, 11) is 0. The largest absolute Gasteiger partial charge is 0.334 e. The van der Waals surface area contributed by atoms with Crippen molar-refractivity contribution in [3.8, 4) is 0 Å². The SMILES string of the molecule is CSCc1nc2ccccc2n1CC(=O)N1CCCCCC1c1ccncc1. The fourth-order valence-electron chi connectivity index (χ4n) is 4.11. The molecule has 3 heterocycles. The Morgan fingerprint density at radius 3 is 2.79 bits per heavy atom. The Hall–Kier alpha value is -2.34. The van der Waals surface area contributed by atoms with Crippen LogP contribution in [0, 0.1) is 0 Å². The van der Waals surface area contributed by atoms with Gasteiger partial charge in [-0.3, -0.25) is 9.78 Å². The molecule has 0 saturated carbocycles. The van der Waals surface area contributed by atoms with Crippen molar-refractivity contribution < 1.29 is 4.79 Å². The molecule has 4 rings (SSSR count). The monoisotopic (exact) mass is 394 g/mol. The fraction of sp³-hybridized carbons (Fsp3) is 0.409. The Morgan fingerprint density at radius 2 is 1.96 bits per heavy atom. The Balaban J connectivity index is 1.64. The second-order valence-electron chi connectivity index (χ2n) is 7.27. The van der Waals surface area contributed by atoms with Gasteiger partial charge in [0.1, 0.15) is 12.4 Å². The summed E-state index contributed by atoms with van der Waals surface area (Å²) in [5.74, 6) is 1.95. The number of rotatable bonds is 5. The molecule has 0 bridgehead atoms. The highest BCUT2D eigenvalue weighted by atomic mass is 32.2. The normalized spacial score (nSPS) is 17.6. The van der Waals surface area contributed by atoms with Gasteiger partial charge >= 0.3 is 0 Å². The molecule has 1 atom stereocenters. The Labute approximate surface area is 170 Å². The minimum Gasteiger partial charge on any atom is -0.334 e. The first-order valence-electron chi connectivity index (χ1n) is 9.90. The van der Waals surface area contributed by atoms with Gasteiger partial charge in [0.2, 0.25) is 5.91 Å². The summed E-state index contributed by atoms with van der Waals surface area (Å²) in [6.45, 7) is 1.16. The van der Waals surface area contributed by atoms with Crippen molar-refractivity contribution in [1.82, 2.24) is 19.4 Å². The van der Waals surface area contributed by atoms with E-state index in [1.54, 1.807) is 11.8 Å². The molecule has 1 aliphatic rings. The van der Waals surface area contributed by atoms with Gasteiger partial charge in [-0.25, -0.2) is 4.98 Å². The van der Waals surface area contributed by atoms with Gasteiger partial charge in [-0.2, -0.15) is 11.8 Å². The maximum Gasteiger partial charge on any atom is 0.243 e. The lowest BCUT2D eigenvalue weighted by Crippen LogP contribution is -2.37. The predicted molar refractivity (Wildman–Crippen MR) is 114 cm³/mol. The van der Waals surface area contributed by atoms with Crippen LogP contribution in [0.1, 0.15) is 43.1 Å². The molecular formula is C22H26N4OS. The molecule has 1 saturated heterocycles. The zero-order chi connectivity index (χ0) is 19.3. The molecule has 1 amide bonds. The molecule has 1 aromatic carbocycles. The van der Waals surface area contributed by atoms with E-state index in [2.05, 4.69) is 26.8 Å². The Bertz CT molecular complexity index is 940. The first-order chi connectivity index (χ1) is 13.8. The smallest absolute Gasteiger partial charge is 0.243 e. The summed E-state index contributed by atoms with van der Waals surface area (Å²) < 4.78 is 2.10. The van der Waals surface area contributed by atoms with E-state index in [0.29, 0.717) is 6.54 Å². The zero-order valence-electron chi connectivity index (χ0n) is 16.3. The zero-order valence-corrected chi connectivity index (χ0v) is 17.1. The average Bonchev–Trinajstić information content (AvgIpc) is 2.91. The topological polar surface area (TPSA) is 51.0 Å². The van der Waals surface area contributed by atoms with Crippen LogP contribution in [-0.2, 0) is 17.1 Å². The van der Waals surface area contributed by atoms with Gasteiger partial charge in [0.05, 0.1) is 22.8 Å². The van der Waals surface area contributed by atoms with E-state index in [4.69, 9.17) is 4.98 Å². The number of amides is 1. The van der Waals surface area contributed by atoms with Gasteiger partial charge in [0.15, 0.2) is 0 Å².